The van der Waals surface area contributed by atoms with E-state index in [-0.39, 0.29) is 35.3 Å². The minimum atomic E-state index is -0.970. The quantitative estimate of drug-likeness (QED) is 0.273. The minimum Gasteiger partial charge on any atom is -0.504 e. The minimum absolute atomic E-state index is 0.0107. The van der Waals surface area contributed by atoms with Gasteiger partial charge in [-0.2, -0.15) is 5.10 Å². The normalized spacial score (nSPS) is 18.2. The van der Waals surface area contributed by atoms with Crippen LogP contribution in [0.4, 0.5) is 5.69 Å². The lowest BCUT2D eigenvalue weighted by atomic mass is 9.88. The Kier molecular flexibility index (Phi) is 6.26. The molecule has 0 saturated carbocycles. The van der Waals surface area contributed by atoms with E-state index in [1.165, 1.54) is 0 Å². The third kappa shape index (κ3) is 4.37. The van der Waals surface area contributed by atoms with Gasteiger partial charge in [0.1, 0.15) is 5.92 Å². The fourth-order valence-electron chi connectivity index (χ4n) is 3.25. The van der Waals surface area contributed by atoms with Crippen LogP contribution in [0.2, 0.25) is 0 Å². The van der Waals surface area contributed by atoms with Gasteiger partial charge in [-0.15, -0.1) is 0 Å². The van der Waals surface area contributed by atoms with Crippen LogP contribution < -0.4 is 15.5 Å². The summed E-state index contributed by atoms with van der Waals surface area (Å²) in [4.78, 5) is 35.2. The van der Waals surface area contributed by atoms with Gasteiger partial charge in [-0.3, -0.25) is 19.7 Å². The van der Waals surface area contributed by atoms with Crippen LogP contribution in [0, 0.1) is 16.0 Å². The molecular weight excluding hydrogens is 392 g/mol. The van der Waals surface area contributed by atoms with Crippen molar-refractivity contribution in [1.29, 1.82) is 0 Å². The summed E-state index contributed by atoms with van der Waals surface area (Å²) in [5.41, 5.74) is 2.81. The van der Waals surface area contributed by atoms with Crippen LogP contribution in [-0.2, 0) is 9.59 Å². The Hall–Kier alpha value is -3.95. The monoisotopic (exact) mass is 412 g/mol. The van der Waals surface area contributed by atoms with Crippen molar-refractivity contribution in [2.45, 2.75) is 12.8 Å². The van der Waals surface area contributed by atoms with Gasteiger partial charge in [0.15, 0.2) is 11.5 Å². The molecule has 1 fully saturated rings. The molecule has 0 aromatic heterocycles. The van der Waals surface area contributed by atoms with Crippen molar-refractivity contribution >= 4 is 23.7 Å². The number of nitrogens with zero attached hydrogens (tertiary/aromatic N) is 2. The SMILES string of the molecule is CCOc1cc([N+](=O)[O-])cc(/C=N/NC(=O)[C@@H]2C(=O)NC[C@H]2c2ccccc2)c1O. The van der Waals surface area contributed by atoms with E-state index in [1.807, 2.05) is 30.3 Å². The molecule has 0 aliphatic carbocycles. The van der Waals surface area contributed by atoms with Crippen LogP contribution in [0.1, 0.15) is 24.0 Å². The van der Waals surface area contributed by atoms with Gasteiger partial charge in [-0.25, -0.2) is 5.43 Å². The van der Waals surface area contributed by atoms with Crippen LogP contribution in [0.25, 0.3) is 0 Å². The van der Waals surface area contributed by atoms with Crippen LogP contribution in [-0.4, -0.2) is 41.2 Å². The van der Waals surface area contributed by atoms with E-state index in [0.717, 1.165) is 23.9 Å². The van der Waals surface area contributed by atoms with Crippen molar-refractivity contribution in [3.8, 4) is 11.5 Å². The topological polar surface area (TPSA) is 143 Å². The smallest absolute Gasteiger partial charge is 0.274 e. The maximum atomic E-state index is 12.6. The van der Waals surface area contributed by atoms with Crippen LogP contribution in [0.3, 0.4) is 0 Å². The number of benzene rings is 2. The number of ether oxygens (including phenoxy) is 1. The first kappa shape index (κ1) is 20.8. The molecule has 156 valence electrons. The molecule has 2 atom stereocenters. The number of rotatable bonds is 7. The number of hydrazone groups is 1. The van der Waals surface area contributed by atoms with E-state index < -0.39 is 22.7 Å². The molecular formula is C20H20N4O6. The molecule has 10 nitrogen and oxygen atoms in total. The number of aromatic hydroxyl groups is 1. The molecule has 2 amide bonds. The molecule has 0 radical (unpaired) electrons. The molecule has 3 rings (SSSR count). The predicted molar refractivity (Wildman–Crippen MR) is 107 cm³/mol. The highest BCUT2D eigenvalue weighted by atomic mass is 16.6. The lowest BCUT2D eigenvalue weighted by molar-refractivity contribution is -0.385. The van der Waals surface area contributed by atoms with Crippen molar-refractivity contribution in [3.63, 3.8) is 0 Å². The molecule has 1 saturated heterocycles. The fourth-order valence-corrected chi connectivity index (χ4v) is 3.25. The molecule has 30 heavy (non-hydrogen) atoms. The third-order valence-corrected chi connectivity index (χ3v) is 4.67. The maximum absolute atomic E-state index is 12.6. The van der Waals surface area contributed by atoms with Crippen LogP contribution >= 0.6 is 0 Å². The molecule has 0 bridgehead atoms. The van der Waals surface area contributed by atoms with E-state index in [0.29, 0.717) is 6.54 Å². The molecule has 1 aliphatic heterocycles. The van der Waals surface area contributed by atoms with Gasteiger partial charge in [0, 0.05) is 24.1 Å². The largest absolute Gasteiger partial charge is 0.504 e. The Morgan fingerprint density at radius 1 is 1.40 bits per heavy atom. The Morgan fingerprint density at radius 3 is 2.80 bits per heavy atom. The summed E-state index contributed by atoms with van der Waals surface area (Å²) in [7, 11) is 0. The van der Waals surface area contributed by atoms with Crippen LogP contribution in [0.15, 0.2) is 47.6 Å². The second-order valence-corrected chi connectivity index (χ2v) is 6.55. The molecule has 2 aromatic rings. The van der Waals surface area contributed by atoms with Gasteiger partial charge in [0.2, 0.25) is 5.91 Å². The highest BCUT2D eigenvalue weighted by Gasteiger charge is 2.40. The van der Waals surface area contributed by atoms with E-state index in [2.05, 4.69) is 15.8 Å². The number of phenols is 1. The van der Waals surface area contributed by atoms with Crippen molar-refractivity contribution in [2.75, 3.05) is 13.2 Å². The second-order valence-electron chi connectivity index (χ2n) is 6.55. The summed E-state index contributed by atoms with van der Waals surface area (Å²) in [6.45, 7) is 2.19. The van der Waals surface area contributed by atoms with Gasteiger partial charge >= 0.3 is 0 Å². The van der Waals surface area contributed by atoms with Gasteiger partial charge < -0.3 is 15.2 Å². The first-order valence-corrected chi connectivity index (χ1v) is 9.22. The summed E-state index contributed by atoms with van der Waals surface area (Å²) in [5.74, 6) is -2.76. The zero-order valence-corrected chi connectivity index (χ0v) is 16.1. The van der Waals surface area contributed by atoms with Gasteiger partial charge in [-0.05, 0) is 12.5 Å². The Morgan fingerprint density at radius 2 is 2.13 bits per heavy atom. The standard InChI is InChI=1S/C20H20N4O6/c1-2-30-16-9-14(24(28)29)8-13(18(16)25)10-22-23-20(27)17-15(11-21-19(17)26)12-6-4-3-5-7-12/h3-10,15,17,25H,2,11H2,1H3,(H,21,26)(H,23,27)/b22-10+/t15-,17-/m0/s1. The summed E-state index contributed by atoms with van der Waals surface area (Å²) in [5, 5.41) is 27.8. The third-order valence-electron chi connectivity index (χ3n) is 4.67. The summed E-state index contributed by atoms with van der Waals surface area (Å²) >= 11 is 0. The molecule has 3 N–H and O–H groups in total. The van der Waals surface area contributed by atoms with E-state index >= 15 is 0 Å². The Labute approximate surface area is 171 Å². The lowest BCUT2D eigenvalue weighted by Gasteiger charge is -2.15. The van der Waals surface area contributed by atoms with E-state index in [1.54, 1.807) is 6.92 Å². The highest BCUT2D eigenvalue weighted by Crippen LogP contribution is 2.34. The maximum Gasteiger partial charge on any atom is 0.274 e. The Bertz CT molecular complexity index is 992. The number of hydrogen-bond acceptors (Lipinski definition) is 7. The molecule has 1 heterocycles. The number of nitrogens with one attached hydrogen (secondary N) is 2. The first-order chi connectivity index (χ1) is 14.4. The van der Waals surface area contributed by atoms with Crippen molar-refractivity contribution in [3.05, 3.63) is 63.7 Å². The van der Waals surface area contributed by atoms with Gasteiger partial charge in [0.25, 0.3) is 11.6 Å². The number of hydrogen-bond donors (Lipinski definition) is 3. The number of nitro benzene ring substituents is 1. The highest BCUT2D eigenvalue weighted by molar-refractivity contribution is 6.03. The molecule has 1 aliphatic rings. The van der Waals surface area contributed by atoms with Crippen LogP contribution in [0.5, 0.6) is 11.5 Å². The number of carbonyl (C=O) groups excluding carboxylic acids is 2. The van der Waals surface area contributed by atoms with E-state index in [4.69, 9.17) is 4.74 Å². The number of carbonyl (C=O) groups is 2. The van der Waals surface area contributed by atoms with Crippen molar-refractivity contribution in [2.24, 2.45) is 11.0 Å². The average Bonchev–Trinajstić information content (AvgIpc) is 3.12. The molecule has 0 unspecified atom stereocenters. The van der Waals surface area contributed by atoms with Crippen molar-refractivity contribution < 1.29 is 24.4 Å². The average molecular weight is 412 g/mol. The number of phenolic OH excluding ortho intramolecular Hbond substituents is 1. The van der Waals surface area contributed by atoms with Gasteiger partial charge in [-0.1, -0.05) is 30.3 Å². The van der Waals surface area contributed by atoms with Crippen molar-refractivity contribution in [1.82, 2.24) is 10.7 Å². The summed E-state index contributed by atoms with van der Waals surface area (Å²) in [6.07, 6.45) is 1.06. The lowest BCUT2D eigenvalue weighted by Crippen LogP contribution is -2.34. The van der Waals surface area contributed by atoms with Gasteiger partial charge in [0.05, 0.1) is 23.8 Å². The zero-order valence-electron chi connectivity index (χ0n) is 16.1. The van der Waals surface area contributed by atoms with E-state index in [9.17, 15) is 24.8 Å². The summed E-state index contributed by atoms with van der Waals surface area (Å²) < 4.78 is 5.20. The predicted octanol–water partition coefficient (Wildman–Crippen LogP) is 1.68. The number of non-ortho nitro benzene ring substituents is 1. The first-order valence-electron chi connectivity index (χ1n) is 9.22. The zero-order chi connectivity index (χ0) is 21.7. The second kappa shape index (κ2) is 9.03. The number of amides is 2. The number of nitro groups is 1. The molecule has 10 heteroatoms. The molecule has 0 spiro atoms. The molecule has 2 aromatic carbocycles. The Balaban J connectivity index is 1.78. The summed E-state index contributed by atoms with van der Waals surface area (Å²) in [6, 6.07) is 11.4. The fraction of sp³-hybridized carbons (Fsp3) is 0.250.